The standard InChI is InChI=1S/C15H17FN2O2S/c1-18(10-9-12-5-3-2-4-6-12)21(19,20)13-7-8-14(16)15(17)11-13/h2-8,11H,9-10,17H2,1H3. The van der Waals surface area contributed by atoms with Crippen molar-refractivity contribution in [3.63, 3.8) is 0 Å². The molecule has 2 aromatic carbocycles. The Kier molecular flexibility index (Phi) is 4.59. The van der Waals surface area contributed by atoms with Gasteiger partial charge in [0.2, 0.25) is 10.0 Å². The SMILES string of the molecule is CN(CCc1ccccc1)S(=O)(=O)c1ccc(F)c(N)c1. The summed E-state index contributed by atoms with van der Waals surface area (Å²) in [6.07, 6.45) is 0.604. The lowest BCUT2D eigenvalue weighted by atomic mass is 10.2. The number of benzene rings is 2. The predicted octanol–water partition coefficient (Wildman–Crippen LogP) is 2.27. The average molecular weight is 308 g/mol. The molecule has 0 saturated heterocycles. The highest BCUT2D eigenvalue weighted by atomic mass is 32.2. The zero-order valence-corrected chi connectivity index (χ0v) is 12.5. The lowest BCUT2D eigenvalue weighted by molar-refractivity contribution is 0.472. The maximum atomic E-state index is 13.1. The molecule has 6 heteroatoms. The van der Waals surface area contributed by atoms with Gasteiger partial charge in [-0.05, 0) is 30.2 Å². The molecular weight excluding hydrogens is 291 g/mol. The van der Waals surface area contributed by atoms with Crippen LogP contribution in [0.1, 0.15) is 5.56 Å². The van der Waals surface area contributed by atoms with Gasteiger partial charge in [0.05, 0.1) is 10.6 Å². The Bertz CT molecular complexity index is 718. The minimum Gasteiger partial charge on any atom is -0.396 e. The lowest BCUT2D eigenvalue weighted by Crippen LogP contribution is -2.29. The maximum absolute atomic E-state index is 13.1. The molecule has 0 fully saturated rings. The molecule has 112 valence electrons. The fourth-order valence-corrected chi connectivity index (χ4v) is 3.12. The van der Waals surface area contributed by atoms with E-state index in [1.54, 1.807) is 0 Å². The third kappa shape index (κ3) is 3.59. The molecule has 0 heterocycles. The van der Waals surface area contributed by atoms with Crippen molar-refractivity contribution in [2.24, 2.45) is 0 Å². The molecule has 2 N–H and O–H groups in total. The van der Waals surface area contributed by atoms with Crippen LogP contribution in [0.25, 0.3) is 0 Å². The summed E-state index contributed by atoms with van der Waals surface area (Å²) in [7, 11) is -2.16. The summed E-state index contributed by atoms with van der Waals surface area (Å²) in [5.41, 5.74) is 6.30. The molecule has 4 nitrogen and oxygen atoms in total. The summed E-state index contributed by atoms with van der Waals surface area (Å²) in [4.78, 5) is -0.00281. The lowest BCUT2D eigenvalue weighted by Gasteiger charge is -2.17. The molecule has 0 spiro atoms. The van der Waals surface area contributed by atoms with Crippen LogP contribution in [0.15, 0.2) is 53.4 Å². The Labute approximate surface area is 124 Å². The number of hydrogen-bond donors (Lipinski definition) is 1. The highest BCUT2D eigenvalue weighted by Crippen LogP contribution is 2.19. The highest BCUT2D eigenvalue weighted by molar-refractivity contribution is 7.89. The normalized spacial score (nSPS) is 11.8. The van der Waals surface area contributed by atoms with E-state index in [2.05, 4.69) is 0 Å². The van der Waals surface area contributed by atoms with E-state index in [0.29, 0.717) is 13.0 Å². The largest absolute Gasteiger partial charge is 0.396 e. The Morgan fingerprint density at radius 1 is 1.14 bits per heavy atom. The molecule has 0 atom stereocenters. The summed E-state index contributed by atoms with van der Waals surface area (Å²) in [5, 5.41) is 0. The molecular formula is C15H17FN2O2S. The van der Waals surface area contributed by atoms with Gasteiger partial charge in [0.1, 0.15) is 5.82 Å². The van der Waals surface area contributed by atoms with Gasteiger partial charge in [-0.3, -0.25) is 0 Å². The molecule has 0 radical (unpaired) electrons. The first-order chi connectivity index (χ1) is 9.91. The van der Waals surface area contributed by atoms with E-state index in [0.717, 1.165) is 17.7 Å². The van der Waals surface area contributed by atoms with Crippen molar-refractivity contribution in [1.82, 2.24) is 4.31 Å². The smallest absolute Gasteiger partial charge is 0.242 e. The minimum absolute atomic E-state index is 0.00281. The molecule has 0 aliphatic heterocycles. The highest BCUT2D eigenvalue weighted by Gasteiger charge is 2.21. The first-order valence-corrected chi connectivity index (χ1v) is 7.90. The van der Waals surface area contributed by atoms with Crippen LogP contribution in [0.2, 0.25) is 0 Å². The molecule has 0 aliphatic carbocycles. The molecule has 0 amide bonds. The van der Waals surface area contributed by atoms with E-state index in [-0.39, 0.29) is 10.6 Å². The van der Waals surface area contributed by atoms with E-state index in [1.807, 2.05) is 30.3 Å². The van der Waals surface area contributed by atoms with Crippen molar-refractivity contribution in [1.29, 1.82) is 0 Å². The van der Waals surface area contributed by atoms with Gasteiger partial charge >= 0.3 is 0 Å². The molecule has 0 unspecified atom stereocenters. The summed E-state index contributed by atoms with van der Waals surface area (Å²) in [5.74, 6) is -0.624. The third-order valence-electron chi connectivity index (χ3n) is 3.23. The second-order valence-corrected chi connectivity index (χ2v) is 6.79. The van der Waals surface area contributed by atoms with Crippen LogP contribution in [0.3, 0.4) is 0 Å². The van der Waals surface area contributed by atoms with Gasteiger partial charge < -0.3 is 5.73 Å². The first-order valence-electron chi connectivity index (χ1n) is 6.46. The summed E-state index contributed by atoms with van der Waals surface area (Å²) >= 11 is 0. The van der Waals surface area contributed by atoms with E-state index >= 15 is 0 Å². The van der Waals surface area contributed by atoms with Crippen molar-refractivity contribution in [2.45, 2.75) is 11.3 Å². The number of likely N-dealkylation sites (N-methyl/N-ethyl adjacent to an activating group) is 1. The molecule has 2 rings (SSSR count). The molecule has 0 saturated carbocycles. The summed E-state index contributed by atoms with van der Waals surface area (Å²) < 4.78 is 39.1. The number of halogens is 1. The van der Waals surface area contributed by atoms with Gasteiger partial charge in [0, 0.05) is 13.6 Å². The van der Waals surface area contributed by atoms with Crippen LogP contribution < -0.4 is 5.73 Å². The topological polar surface area (TPSA) is 63.4 Å². The Balaban J connectivity index is 2.13. The Morgan fingerprint density at radius 3 is 2.43 bits per heavy atom. The van der Waals surface area contributed by atoms with E-state index in [9.17, 15) is 12.8 Å². The quantitative estimate of drug-likeness (QED) is 0.862. The fraction of sp³-hybridized carbons (Fsp3) is 0.200. The zero-order valence-electron chi connectivity index (χ0n) is 11.7. The third-order valence-corrected chi connectivity index (χ3v) is 5.09. The molecule has 0 bridgehead atoms. The summed E-state index contributed by atoms with van der Waals surface area (Å²) in [6.45, 7) is 0.337. The second-order valence-electron chi connectivity index (χ2n) is 4.75. The van der Waals surface area contributed by atoms with E-state index in [4.69, 9.17) is 5.73 Å². The van der Waals surface area contributed by atoms with Gasteiger partial charge in [-0.15, -0.1) is 0 Å². The molecule has 0 aromatic heterocycles. The van der Waals surface area contributed by atoms with Gasteiger partial charge in [-0.1, -0.05) is 30.3 Å². The van der Waals surface area contributed by atoms with Crippen LogP contribution >= 0.6 is 0 Å². The monoisotopic (exact) mass is 308 g/mol. The van der Waals surface area contributed by atoms with Gasteiger partial charge in [0.25, 0.3) is 0 Å². The van der Waals surface area contributed by atoms with Crippen molar-refractivity contribution in [2.75, 3.05) is 19.3 Å². The van der Waals surface area contributed by atoms with Crippen LogP contribution in [-0.4, -0.2) is 26.3 Å². The van der Waals surface area contributed by atoms with Gasteiger partial charge in [-0.25, -0.2) is 17.1 Å². The average Bonchev–Trinajstić information content (AvgIpc) is 2.48. The number of hydrogen-bond acceptors (Lipinski definition) is 3. The first kappa shape index (κ1) is 15.5. The Morgan fingerprint density at radius 2 is 1.81 bits per heavy atom. The number of nitrogen functional groups attached to an aromatic ring is 1. The maximum Gasteiger partial charge on any atom is 0.242 e. The van der Waals surface area contributed by atoms with Crippen LogP contribution in [0.4, 0.5) is 10.1 Å². The van der Waals surface area contributed by atoms with Crippen LogP contribution in [-0.2, 0) is 16.4 Å². The molecule has 2 aromatic rings. The van der Waals surface area contributed by atoms with Gasteiger partial charge in [0.15, 0.2) is 0 Å². The van der Waals surface area contributed by atoms with E-state index < -0.39 is 15.8 Å². The predicted molar refractivity (Wildman–Crippen MR) is 80.8 cm³/mol. The number of nitrogens with two attached hydrogens (primary N) is 1. The van der Waals surface area contributed by atoms with E-state index in [1.165, 1.54) is 17.4 Å². The van der Waals surface area contributed by atoms with Crippen molar-refractivity contribution < 1.29 is 12.8 Å². The minimum atomic E-state index is -3.66. The number of nitrogens with zero attached hydrogens (tertiary/aromatic N) is 1. The van der Waals surface area contributed by atoms with Crippen LogP contribution in [0, 0.1) is 5.82 Å². The van der Waals surface area contributed by atoms with Crippen molar-refractivity contribution >= 4 is 15.7 Å². The van der Waals surface area contributed by atoms with Gasteiger partial charge in [-0.2, -0.15) is 0 Å². The zero-order chi connectivity index (χ0) is 15.5. The van der Waals surface area contributed by atoms with Crippen molar-refractivity contribution in [3.8, 4) is 0 Å². The molecule has 0 aliphatic rings. The van der Waals surface area contributed by atoms with Crippen LogP contribution in [0.5, 0.6) is 0 Å². The summed E-state index contributed by atoms with van der Waals surface area (Å²) in [6, 6.07) is 13.0. The number of rotatable bonds is 5. The fourth-order valence-electron chi connectivity index (χ4n) is 1.91. The second kappa shape index (κ2) is 6.24. The number of anilines is 1. The number of sulfonamides is 1. The Hall–Kier alpha value is -1.92. The van der Waals surface area contributed by atoms with Crippen molar-refractivity contribution in [3.05, 3.63) is 59.9 Å². The molecule has 21 heavy (non-hydrogen) atoms.